The third-order valence-corrected chi connectivity index (χ3v) is 5.63. The van der Waals surface area contributed by atoms with Crippen molar-refractivity contribution < 1.29 is 9.59 Å². The van der Waals surface area contributed by atoms with E-state index in [1.54, 1.807) is 4.68 Å². The second-order valence-electron chi connectivity index (χ2n) is 8.54. The first-order chi connectivity index (χ1) is 16.9. The van der Waals surface area contributed by atoms with Gasteiger partial charge >= 0.3 is 6.03 Å². The number of amides is 3. The number of anilines is 2. The number of urea groups is 1. The zero-order valence-corrected chi connectivity index (χ0v) is 20.1. The van der Waals surface area contributed by atoms with Crippen LogP contribution < -0.4 is 10.6 Å². The molecule has 0 fully saturated rings. The smallest absolute Gasteiger partial charge is 0.313 e. The zero-order valence-electron chi connectivity index (χ0n) is 20.1. The summed E-state index contributed by atoms with van der Waals surface area (Å²) in [6.45, 7) is 5.59. The lowest BCUT2D eigenvalue weighted by Gasteiger charge is -2.26. The molecule has 35 heavy (non-hydrogen) atoms. The first-order valence-corrected chi connectivity index (χ1v) is 11.6. The van der Waals surface area contributed by atoms with Crippen LogP contribution in [0.2, 0.25) is 0 Å². The molecule has 2 N–H and O–H groups in total. The molecule has 0 saturated carbocycles. The Morgan fingerprint density at radius 1 is 0.886 bits per heavy atom. The molecule has 3 amide bonds. The van der Waals surface area contributed by atoms with E-state index < -0.39 is 0 Å². The Labute approximate surface area is 205 Å². The lowest BCUT2D eigenvalue weighted by Crippen LogP contribution is -2.44. The lowest BCUT2D eigenvalue weighted by molar-refractivity contribution is -0.117. The minimum Gasteiger partial charge on any atom is -0.313 e. The Bertz CT molecular complexity index is 1300. The van der Waals surface area contributed by atoms with Gasteiger partial charge in [-0.05, 0) is 44.5 Å². The van der Waals surface area contributed by atoms with Crippen LogP contribution in [0.1, 0.15) is 19.4 Å². The van der Waals surface area contributed by atoms with Gasteiger partial charge in [0.15, 0.2) is 0 Å². The average Bonchev–Trinajstić information content (AvgIpc) is 3.28. The van der Waals surface area contributed by atoms with Crippen molar-refractivity contribution in [1.82, 2.24) is 14.7 Å². The highest BCUT2D eigenvalue weighted by molar-refractivity contribution is 5.97. The standard InChI is InChI=1S/C28H29N5O2/c1-20(2)32(28(35)29-24-17-11-10-12-21(24)3)19-27(34)30-26-18-25(22-13-6-4-7-14-22)31-33(26)23-15-8-5-9-16-23/h4-18,20H,19H2,1-3H3,(H,29,35)(H,30,34). The van der Waals surface area contributed by atoms with Crippen LogP contribution in [0.3, 0.4) is 0 Å². The van der Waals surface area contributed by atoms with Crippen molar-refractivity contribution in [2.24, 2.45) is 0 Å². The summed E-state index contributed by atoms with van der Waals surface area (Å²) in [5.41, 5.74) is 4.18. The van der Waals surface area contributed by atoms with E-state index in [1.807, 2.05) is 112 Å². The van der Waals surface area contributed by atoms with Gasteiger partial charge in [-0.1, -0.05) is 66.7 Å². The molecule has 0 radical (unpaired) electrons. The van der Waals surface area contributed by atoms with Gasteiger partial charge < -0.3 is 15.5 Å². The van der Waals surface area contributed by atoms with E-state index in [0.29, 0.717) is 5.82 Å². The number of carbonyl (C=O) groups is 2. The largest absolute Gasteiger partial charge is 0.322 e. The molecule has 0 aliphatic carbocycles. The van der Waals surface area contributed by atoms with Gasteiger partial charge in [0, 0.05) is 23.4 Å². The molecule has 0 saturated heterocycles. The number of benzene rings is 3. The van der Waals surface area contributed by atoms with E-state index in [9.17, 15) is 9.59 Å². The van der Waals surface area contributed by atoms with Crippen LogP contribution >= 0.6 is 0 Å². The number of nitrogens with zero attached hydrogens (tertiary/aromatic N) is 3. The predicted molar refractivity (Wildman–Crippen MR) is 140 cm³/mol. The van der Waals surface area contributed by atoms with Crippen molar-refractivity contribution in [3.63, 3.8) is 0 Å². The highest BCUT2D eigenvalue weighted by Gasteiger charge is 2.22. The summed E-state index contributed by atoms with van der Waals surface area (Å²) >= 11 is 0. The van der Waals surface area contributed by atoms with Crippen LogP contribution in [0.5, 0.6) is 0 Å². The molecule has 7 heteroatoms. The summed E-state index contributed by atoms with van der Waals surface area (Å²) in [4.78, 5) is 27.6. The SMILES string of the molecule is Cc1ccccc1NC(=O)N(CC(=O)Nc1cc(-c2ccccc2)nn1-c1ccccc1)C(C)C. The number of nitrogens with one attached hydrogen (secondary N) is 2. The molecule has 1 aromatic heterocycles. The van der Waals surface area contributed by atoms with Crippen molar-refractivity contribution in [2.45, 2.75) is 26.8 Å². The molecule has 178 valence electrons. The molecule has 0 unspecified atom stereocenters. The number of aryl methyl sites for hydroxylation is 1. The van der Waals surface area contributed by atoms with Crippen LogP contribution in [-0.2, 0) is 4.79 Å². The van der Waals surface area contributed by atoms with Gasteiger partial charge in [-0.25, -0.2) is 9.48 Å². The fourth-order valence-corrected chi connectivity index (χ4v) is 3.71. The van der Waals surface area contributed by atoms with Gasteiger partial charge in [0.2, 0.25) is 5.91 Å². The van der Waals surface area contributed by atoms with Crippen LogP contribution in [0.4, 0.5) is 16.3 Å². The second-order valence-corrected chi connectivity index (χ2v) is 8.54. The molecule has 3 aromatic carbocycles. The molecule has 0 spiro atoms. The minimum absolute atomic E-state index is 0.101. The first-order valence-electron chi connectivity index (χ1n) is 11.6. The molecular weight excluding hydrogens is 438 g/mol. The maximum Gasteiger partial charge on any atom is 0.322 e. The average molecular weight is 468 g/mol. The number of hydrogen-bond donors (Lipinski definition) is 2. The second kappa shape index (κ2) is 10.7. The van der Waals surface area contributed by atoms with Gasteiger partial charge in [-0.2, -0.15) is 5.10 Å². The maximum absolute atomic E-state index is 13.1. The Morgan fingerprint density at radius 3 is 2.17 bits per heavy atom. The maximum atomic E-state index is 13.1. The summed E-state index contributed by atoms with van der Waals surface area (Å²) in [6, 6.07) is 28.3. The fourth-order valence-electron chi connectivity index (χ4n) is 3.71. The molecule has 4 aromatic rings. The number of carbonyl (C=O) groups excluding carboxylic acids is 2. The Kier molecular flexibility index (Phi) is 7.26. The van der Waals surface area contributed by atoms with Crippen molar-refractivity contribution in [3.05, 3.63) is 96.6 Å². The first kappa shape index (κ1) is 23.8. The molecule has 7 nitrogen and oxygen atoms in total. The van der Waals surface area contributed by atoms with Crippen LogP contribution in [-0.4, -0.2) is 39.2 Å². The zero-order chi connectivity index (χ0) is 24.8. The minimum atomic E-state index is -0.328. The Morgan fingerprint density at radius 2 is 1.51 bits per heavy atom. The number of rotatable bonds is 7. The highest BCUT2D eigenvalue weighted by atomic mass is 16.2. The van der Waals surface area contributed by atoms with Gasteiger partial charge in [-0.15, -0.1) is 0 Å². The molecule has 0 bridgehead atoms. The van der Waals surface area contributed by atoms with Crippen LogP contribution in [0.25, 0.3) is 16.9 Å². The Balaban J connectivity index is 1.55. The number of aromatic nitrogens is 2. The highest BCUT2D eigenvalue weighted by Crippen LogP contribution is 2.25. The molecule has 4 rings (SSSR count). The van der Waals surface area contributed by atoms with Crippen molar-refractivity contribution in [2.75, 3.05) is 17.2 Å². The van der Waals surface area contributed by atoms with Gasteiger partial charge in [0.25, 0.3) is 0 Å². The van der Waals surface area contributed by atoms with E-state index in [0.717, 1.165) is 28.2 Å². The predicted octanol–water partition coefficient (Wildman–Crippen LogP) is 5.73. The van der Waals surface area contributed by atoms with Crippen molar-refractivity contribution >= 4 is 23.4 Å². The van der Waals surface area contributed by atoms with E-state index in [2.05, 4.69) is 10.6 Å². The van der Waals surface area contributed by atoms with Crippen LogP contribution in [0.15, 0.2) is 91.0 Å². The van der Waals surface area contributed by atoms with Gasteiger partial charge in [-0.3, -0.25) is 4.79 Å². The molecule has 0 aliphatic heterocycles. The van der Waals surface area contributed by atoms with Crippen LogP contribution in [0, 0.1) is 6.92 Å². The summed E-state index contributed by atoms with van der Waals surface area (Å²) in [6.07, 6.45) is 0. The summed E-state index contributed by atoms with van der Waals surface area (Å²) in [5, 5.41) is 10.6. The summed E-state index contributed by atoms with van der Waals surface area (Å²) in [7, 11) is 0. The third-order valence-electron chi connectivity index (χ3n) is 5.63. The topological polar surface area (TPSA) is 79.3 Å². The van der Waals surface area contributed by atoms with Crippen molar-refractivity contribution in [3.8, 4) is 16.9 Å². The normalized spacial score (nSPS) is 10.7. The van der Waals surface area contributed by atoms with Gasteiger partial charge in [0.05, 0.1) is 11.4 Å². The van der Waals surface area contributed by atoms with E-state index in [1.165, 1.54) is 4.90 Å². The number of hydrogen-bond acceptors (Lipinski definition) is 3. The summed E-state index contributed by atoms with van der Waals surface area (Å²) < 4.78 is 1.70. The van der Waals surface area contributed by atoms with E-state index in [4.69, 9.17) is 5.10 Å². The quantitative estimate of drug-likeness (QED) is 0.364. The van der Waals surface area contributed by atoms with E-state index in [-0.39, 0.29) is 24.5 Å². The molecular formula is C28H29N5O2. The number of para-hydroxylation sites is 2. The Hall–Kier alpha value is -4.39. The fraction of sp³-hybridized carbons (Fsp3) is 0.179. The lowest BCUT2D eigenvalue weighted by atomic mass is 10.1. The molecule has 0 atom stereocenters. The van der Waals surface area contributed by atoms with Gasteiger partial charge in [0.1, 0.15) is 12.4 Å². The summed E-state index contributed by atoms with van der Waals surface area (Å²) in [5.74, 6) is 0.221. The van der Waals surface area contributed by atoms with E-state index >= 15 is 0 Å². The third kappa shape index (κ3) is 5.76. The molecule has 1 heterocycles. The monoisotopic (exact) mass is 467 g/mol. The molecule has 0 aliphatic rings. The van der Waals surface area contributed by atoms with Crippen molar-refractivity contribution in [1.29, 1.82) is 0 Å².